The van der Waals surface area contributed by atoms with E-state index < -0.39 is 10.0 Å². The number of rotatable bonds is 6. The van der Waals surface area contributed by atoms with Crippen molar-refractivity contribution in [1.29, 1.82) is 0 Å². The van der Waals surface area contributed by atoms with Crippen molar-refractivity contribution >= 4 is 33.0 Å². The lowest BCUT2D eigenvalue weighted by Gasteiger charge is -2.13. The zero-order valence-electron chi connectivity index (χ0n) is 12.6. The molecule has 0 heterocycles. The van der Waals surface area contributed by atoms with E-state index in [1.165, 1.54) is 18.2 Å². The predicted octanol–water partition coefficient (Wildman–Crippen LogP) is 1.51. The maximum atomic E-state index is 13.4. The number of nitrogens with one attached hydrogen (secondary N) is 3. The van der Waals surface area contributed by atoms with Crippen molar-refractivity contribution in [2.24, 2.45) is 5.14 Å². The Morgan fingerprint density at radius 2 is 1.79 bits per heavy atom. The molecule has 0 unspecified atom stereocenters. The van der Waals surface area contributed by atoms with Crippen molar-refractivity contribution < 1.29 is 12.8 Å². The lowest BCUT2D eigenvalue weighted by molar-refractivity contribution is 0.597. The van der Waals surface area contributed by atoms with E-state index in [0.29, 0.717) is 23.8 Å². The maximum absolute atomic E-state index is 13.4. The molecule has 0 fully saturated rings. The molecule has 0 aliphatic rings. The van der Waals surface area contributed by atoms with Crippen molar-refractivity contribution in [2.45, 2.75) is 11.3 Å². The number of halogens is 1. The second-order valence-electron chi connectivity index (χ2n) is 4.92. The van der Waals surface area contributed by atoms with Gasteiger partial charge in [0.05, 0.1) is 10.6 Å². The number of hydrazine groups is 1. The summed E-state index contributed by atoms with van der Waals surface area (Å²) in [5.74, 6) is -0.386. The van der Waals surface area contributed by atoms with Crippen molar-refractivity contribution in [1.82, 2.24) is 10.7 Å². The Kier molecular flexibility index (Phi) is 6.07. The molecule has 0 saturated carbocycles. The molecule has 2 rings (SSSR count). The Morgan fingerprint density at radius 3 is 2.42 bits per heavy atom. The van der Waals surface area contributed by atoms with Crippen LogP contribution in [0.3, 0.4) is 0 Å². The lowest BCUT2D eigenvalue weighted by Crippen LogP contribution is -2.39. The number of benzene rings is 2. The van der Waals surface area contributed by atoms with Gasteiger partial charge in [-0.2, -0.15) is 0 Å². The molecule has 0 amide bonds. The number of sulfonamides is 1. The van der Waals surface area contributed by atoms with Gasteiger partial charge in [0.15, 0.2) is 5.11 Å². The summed E-state index contributed by atoms with van der Waals surface area (Å²) in [6.45, 7) is 0.527. The molecule has 5 N–H and O–H groups in total. The Balaban J connectivity index is 1.75. The Labute approximate surface area is 145 Å². The molecule has 2 aromatic carbocycles. The third-order valence-electron chi connectivity index (χ3n) is 3.14. The summed E-state index contributed by atoms with van der Waals surface area (Å²) in [5.41, 5.74) is 6.59. The van der Waals surface area contributed by atoms with E-state index in [-0.39, 0.29) is 10.7 Å². The van der Waals surface area contributed by atoms with Crippen LogP contribution in [-0.2, 0) is 16.4 Å². The normalized spacial score (nSPS) is 10.9. The monoisotopic (exact) mass is 368 g/mol. The number of thiocarbonyl (C=S) groups is 1. The average Bonchev–Trinajstić information content (AvgIpc) is 2.54. The summed E-state index contributed by atoms with van der Waals surface area (Å²) < 4.78 is 35.7. The zero-order valence-corrected chi connectivity index (χ0v) is 14.3. The van der Waals surface area contributed by atoms with Gasteiger partial charge in [-0.1, -0.05) is 24.3 Å². The molecule has 0 atom stereocenters. The van der Waals surface area contributed by atoms with Crippen LogP contribution in [0.15, 0.2) is 53.4 Å². The van der Waals surface area contributed by atoms with Gasteiger partial charge in [-0.3, -0.25) is 10.9 Å². The largest absolute Gasteiger partial charge is 0.361 e. The number of para-hydroxylation sites is 1. The van der Waals surface area contributed by atoms with Crippen LogP contribution in [-0.4, -0.2) is 20.1 Å². The molecule has 9 heteroatoms. The van der Waals surface area contributed by atoms with Crippen molar-refractivity contribution in [3.05, 3.63) is 59.9 Å². The Bertz CT molecular complexity index is 810. The number of hydrogen-bond donors (Lipinski definition) is 4. The summed E-state index contributed by atoms with van der Waals surface area (Å²) in [6, 6.07) is 12.5. The minimum absolute atomic E-state index is 0.0745. The highest BCUT2D eigenvalue weighted by molar-refractivity contribution is 7.89. The van der Waals surface area contributed by atoms with Crippen molar-refractivity contribution in [3.8, 4) is 0 Å². The lowest BCUT2D eigenvalue weighted by atomic mass is 10.1. The number of nitrogens with two attached hydrogens (primary N) is 1. The number of hydrogen-bond acceptors (Lipinski definition) is 4. The molecule has 0 aliphatic carbocycles. The van der Waals surface area contributed by atoms with E-state index in [4.69, 9.17) is 17.4 Å². The van der Waals surface area contributed by atoms with Crippen LogP contribution in [0.5, 0.6) is 0 Å². The maximum Gasteiger partial charge on any atom is 0.238 e. The molecule has 0 bridgehead atoms. The van der Waals surface area contributed by atoms with Gasteiger partial charge in [0.1, 0.15) is 5.82 Å². The smallest absolute Gasteiger partial charge is 0.238 e. The molecule has 0 saturated heterocycles. The summed E-state index contributed by atoms with van der Waals surface area (Å²) >= 11 is 5.08. The Hall–Kier alpha value is -2.23. The van der Waals surface area contributed by atoms with E-state index >= 15 is 0 Å². The van der Waals surface area contributed by atoms with E-state index in [0.717, 1.165) is 5.56 Å². The van der Waals surface area contributed by atoms with Gasteiger partial charge in [0.25, 0.3) is 0 Å². The zero-order chi connectivity index (χ0) is 17.6. The van der Waals surface area contributed by atoms with Gasteiger partial charge in [-0.15, -0.1) is 0 Å². The minimum atomic E-state index is -3.68. The van der Waals surface area contributed by atoms with Gasteiger partial charge >= 0.3 is 0 Å². The summed E-state index contributed by atoms with van der Waals surface area (Å²) in [4.78, 5) is 0.0745. The second-order valence-corrected chi connectivity index (χ2v) is 6.89. The molecule has 24 heavy (non-hydrogen) atoms. The van der Waals surface area contributed by atoms with Crippen LogP contribution < -0.4 is 21.3 Å². The third kappa shape index (κ3) is 5.44. The number of primary sulfonamides is 1. The minimum Gasteiger partial charge on any atom is -0.361 e. The first-order valence-electron chi connectivity index (χ1n) is 7.02. The topological polar surface area (TPSA) is 96.2 Å². The van der Waals surface area contributed by atoms with Gasteiger partial charge in [-0.05, 0) is 48.5 Å². The quantitative estimate of drug-likeness (QED) is 0.456. The van der Waals surface area contributed by atoms with E-state index in [1.807, 2.05) is 0 Å². The van der Waals surface area contributed by atoms with Crippen molar-refractivity contribution in [2.75, 3.05) is 12.0 Å². The standard InChI is InChI=1S/C15H17FN4O2S2/c16-13-3-1-2-4-14(13)19-20-15(23)18-10-9-11-5-7-12(8-6-11)24(17,21)22/h1-8,19H,9-10H2,(H2,17,21,22)(H2,18,20,23). The van der Waals surface area contributed by atoms with E-state index in [2.05, 4.69) is 16.2 Å². The van der Waals surface area contributed by atoms with Crippen molar-refractivity contribution in [3.63, 3.8) is 0 Å². The average molecular weight is 368 g/mol. The first kappa shape index (κ1) is 18.1. The summed E-state index contributed by atoms with van der Waals surface area (Å²) in [7, 11) is -3.68. The van der Waals surface area contributed by atoms with Crippen LogP contribution >= 0.6 is 12.2 Å². The predicted molar refractivity (Wildman–Crippen MR) is 95.3 cm³/mol. The molecule has 0 aliphatic heterocycles. The fourth-order valence-electron chi connectivity index (χ4n) is 1.90. The summed E-state index contributed by atoms with van der Waals surface area (Å²) in [5, 5.41) is 8.32. The summed E-state index contributed by atoms with van der Waals surface area (Å²) in [6.07, 6.45) is 0.631. The molecule has 2 aromatic rings. The molecule has 6 nitrogen and oxygen atoms in total. The first-order chi connectivity index (χ1) is 11.4. The van der Waals surface area contributed by atoms with Crippen LogP contribution in [0, 0.1) is 5.82 Å². The third-order valence-corrected chi connectivity index (χ3v) is 4.31. The van der Waals surface area contributed by atoms with Crippen LogP contribution in [0.4, 0.5) is 10.1 Å². The number of anilines is 1. The SMILES string of the molecule is NS(=O)(=O)c1ccc(CCNC(=S)NNc2ccccc2F)cc1. The molecular weight excluding hydrogens is 351 g/mol. The highest BCUT2D eigenvalue weighted by Crippen LogP contribution is 2.11. The Morgan fingerprint density at radius 1 is 1.12 bits per heavy atom. The molecule has 128 valence electrons. The van der Waals surface area contributed by atoms with Crippen LogP contribution in [0.25, 0.3) is 0 Å². The fourth-order valence-corrected chi connectivity index (χ4v) is 2.57. The van der Waals surface area contributed by atoms with Gasteiger partial charge in [-0.25, -0.2) is 17.9 Å². The van der Waals surface area contributed by atoms with Gasteiger partial charge in [0, 0.05) is 6.54 Å². The first-order valence-corrected chi connectivity index (χ1v) is 8.98. The molecule has 0 spiro atoms. The second kappa shape index (κ2) is 8.04. The highest BCUT2D eigenvalue weighted by Gasteiger charge is 2.06. The van der Waals surface area contributed by atoms with Crippen LogP contribution in [0.2, 0.25) is 0 Å². The molecule has 0 aromatic heterocycles. The van der Waals surface area contributed by atoms with Crippen LogP contribution in [0.1, 0.15) is 5.56 Å². The highest BCUT2D eigenvalue weighted by atomic mass is 32.2. The van der Waals surface area contributed by atoms with E-state index in [1.54, 1.807) is 30.3 Å². The molecule has 0 radical (unpaired) electrons. The fraction of sp³-hybridized carbons (Fsp3) is 0.133. The van der Waals surface area contributed by atoms with E-state index in [9.17, 15) is 12.8 Å². The van der Waals surface area contributed by atoms with Gasteiger partial charge in [0.2, 0.25) is 10.0 Å². The van der Waals surface area contributed by atoms with Gasteiger partial charge < -0.3 is 5.32 Å². The molecular formula is C15H17FN4O2S2.